The fourth-order valence-corrected chi connectivity index (χ4v) is 1.35. The fraction of sp³-hybridized carbons (Fsp3) is 0.333. The molecule has 1 aromatic carbocycles. The minimum Gasteiger partial charge on any atom is -0.385 e. The first-order chi connectivity index (χ1) is 7.75. The van der Waals surface area contributed by atoms with Crippen LogP contribution in [0.3, 0.4) is 0 Å². The van der Waals surface area contributed by atoms with Gasteiger partial charge in [-0.3, -0.25) is 0 Å². The molecule has 0 spiro atoms. The Bertz CT molecular complexity index is 420. The van der Waals surface area contributed by atoms with E-state index in [0.29, 0.717) is 11.8 Å². The number of nitrogens with one attached hydrogen (secondary N) is 1. The van der Waals surface area contributed by atoms with Crippen LogP contribution in [0.1, 0.15) is 13.8 Å². The van der Waals surface area contributed by atoms with Crippen molar-refractivity contribution < 1.29 is 4.52 Å². The van der Waals surface area contributed by atoms with Crippen LogP contribution in [0.4, 0.5) is 5.69 Å². The molecule has 0 saturated carbocycles. The van der Waals surface area contributed by atoms with Crippen molar-refractivity contribution >= 4 is 5.69 Å². The number of nitrogens with zero attached hydrogens (tertiary/aromatic N) is 2. The molecule has 0 bridgehead atoms. The first kappa shape index (κ1) is 10.7. The van der Waals surface area contributed by atoms with Crippen molar-refractivity contribution in [1.29, 1.82) is 0 Å². The summed E-state index contributed by atoms with van der Waals surface area (Å²) in [6.07, 6.45) is 1.40. The SMILES string of the molecule is CC(C)CNc1ccc(-c2ncno2)cc1. The average Bonchev–Trinajstić information content (AvgIpc) is 2.80. The van der Waals surface area contributed by atoms with E-state index in [1.165, 1.54) is 6.33 Å². The highest BCUT2D eigenvalue weighted by molar-refractivity contribution is 5.58. The largest absolute Gasteiger partial charge is 0.385 e. The Morgan fingerprint density at radius 2 is 2.00 bits per heavy atom. The molecule has 0 atom stereocenters. The Kier molecular flexibility index (Phi) is 3.19. The van der Waals surface area contributed by atoms with Gasteiger partial charge >= 0.3 is 0 Å². The lowest BCUT2D eigenvalue weighted by Gasteiger charge is -2.08. The first-order valence-electron chi connectivity index (χ1n) is 5.36. The maximum atomic E-state index is 4.98. The van der Waals surface area contributed by atoms with Gasteiger partial charge in [-0.15, -0.1) is 0 Å². The molecule has 0 amide bonds. The highest BCUT2D eigenvalue weighted by Gasteiger charge is 2.02. The Hall–Kier alpha value is -1.84. The van der Waals surface area contributed by atoms with Crippen LogP contribution in [0.25, 0.3) is 11.5 Å². The van der Waals surface area contributed by atoms with Crippen molar-refractivity contribution in [3.63, 3.8) is 0 Å². The molecule has 0 aliphatic heterocycles. The molecule has 84 valence electrons. The normalized spacial score (nSPS) is 10.7. The molecule has 4 heteroatoms. The van der Waals surface area contributed by atoms with Crippen molar-refractivity contribution in [1.82, 2.24) is 10.1 Å². The van der Waals surface area contributed by atoms with Crippen LogP contribution in [0.15, 0.2) is 35.1 Å². The highest BCUT2D eigenvalue weighted by Crippen LogP contribution is 2.18. The highest BCUT2D eigenvalue weighted by atomic mass is 16.5. The van der Waals surface area contributed by atoms with E-state index in [0.717, 1.165) is 17.8 Å². The smallest absolute Gasteiger partial charge is 0.257 e. The van der Waals surface area contributed by atoms with Gasteiger partial charge in [0.05, 0.1) is 0 Å². The zero-order valence-corrected chi connectivity index (χ0v) is 9.47. The Morgan fingerprint density at radius 3 is 2.56 bits per heavy atom. The summed E-state index contributed by atoms with van der Waals surface area (Å²) in [6, 6.07) is 7.97. The van der Waals surface area contributed by atoms with Gasteiger partial charge in [-0.2, -0.15) is 4.98 Å². The third-order valence-corrected chi connectivity index (χ3v) is 2.21. The van der Waals surface area contributed by atoms with E-state index in [1.807, 2.05) is 24.3 Å². The topological polar surface area (TPSA) is 51.0 Å². The number of aromatic nitrogens is 2. The van der Waals surface area contributed by atoms with Gasteiger partial charge in [-0.25, -0.2) is 0 Å². The van der Waals surface area contributed by atoms with Crippen LogP contribution in [0.2, 0.25) is 0 Å². The number of hydrogen-bond acceptors (Lipinski definition) is 4. The molecule has 1 N–H and O–H groups in total. The molecule has 2 rings (SSSR count). The lowest BCUT2D eigenvalue weighted by molar-refractivity contribution is 0.430. The fourth-order valence-electron chi connectivity index (χ4n) is 1.35. The second-order valence-electron chi connectivity index (χ2n) is 4.10. The Balaban J connectivity index is 2.05. The van der Waals surface area contributed by atoms with E-state index in [4.69, 9.17) is 4.52 Å². The standard InChI is InChI=1S/C12H15N3O/c1-9(2)7-13-11-5-3-10(4-6-11)12-14-8-15-16-12/h3-6,8-9,13H,7H2,1-2H3. The zero-order chi connectivity index (χ0) is 11.4. The van der Waals surface area contributed by atoms with E-state index < -0.39 is 0 Å². The molecule has 4 nitrogen and oxygen atoms in total. The van der Waals surface area contributed by atoms with Gasteiger partial charge < -0.3 is 9.84 Å². The van der Waals surface area contributed by atoms with Gasteiger partial charge in [-0.05, 0) is 30.2 Å². The van der Waals surface area contributed by atoms with Gasteiger partial charge in [0.25, 0.3) is 5.89 Å². The van der Waals surface area contributed by atoms with Gasteiger partial charge in [0, 0.05) is 17.8 Å². The summed E-state index contributed by atoms with van der Waals surface area (Å²) in [6.45, 7) is 5.33. The summed E-state index contributed by atoms with van der Waals surface area (Å²) < 4.78 is 4.98. The number of rotatable bonds is 4. The molecule has 0 fully saturated rings. The predicted molar refractivity (Wildman–Crippen MR) is 63.1 cm³/mol. The maximum Gasteiger partial charge on any atom is 0.257 e. The summed E-state index contributed by atoms with van der Waals surface area (Å²) in [5.74, 6) is 1.19. The molecule has 0 saturated heterocycles. The second-order valence-corrected chi connectivity index (χ2v) is 4.10. The van der Waals surface area contributed by atoms with Gasteiger partial charge in [0.15, 0.2) is 6.33 Å². The minimum atomic E-state index is 0.551. The van der Waals surface area contributed by atoms with Crippen LogP contribution in [0, 0.1) is 5.92 Å². The van der Waals surface area contributed by atoms with Crippen LogP contribution in [-0.2, 0) is 0 Å². The molecular weight excluding hydrogens is 202 g/mol. The van der Waals surface area contributed by atoms with E-state index in [-0.39, 0.29) is 0 Å². The molecule has 0 unspecified atom stereocenters. The van der Waals surface area contributed by atoms with Crippen LogP contribution in [0.5, 0.6) is 0 Å². The molecule has 1 heterocycles. The van der Waals surface area contributed by atoms with E-state index in [9.17, 15) is 0 Å². The molecule has 0 radical (unpaired) electrons. The van der Waals surface area contributed by atoms with E-state index in [2.05, 4.69) is 29.3 Å². The van der Waals surface area contributed by atoms with Gasteiger partial charge in [0.2, 0.25) is 0 Å². The summed E-state index contributed by atoms with van der Waals surface area (Å²) in [4.78, 5) is 3.99. The number of benzene rings is 1. The van der Waals surface area contributed by atoms with E-state index in [1.54, 1.807) is 0 Å². The third-order valence-electron chi connectivity index (χ3n) is 2.21. The summed E-state index contributed by atoms with van der Waals surface area (Å²) in [5, 5.41) is 6.93. The van der Waals surface area contributed by atoms with Crippen molar-refractivity contribution in [3.05, 3.63) is 30.6 Å². The second kappa shape index (κ2) is 4.79. The summed E-state index contributed by atoms with van der Waals surface area (Å²) in [5.41, 5.74) is 2.05. The maximum absolute atomic E-state index is 4.98. The number of hydrogen-bond donors (Lipinski definition) is 1. The molecule has 0 aliphatic rings. The molecule has 2 aromatic rings. The van der Waals surface area contributed by atoms with Gasteiger partial charge in [-0.1, -0.05) is 19.0 Å². The van der Waals surface area contributed by atoms with E-state index >= 15 is 0 Å². The number of anilines is 1. The van der Waals surface area contributed by atoms with Crippen LogP contribution in [-0.4, -0.2) is 16.7 Å². The summed E-state index contributed by atoms with van der Waals surface area (Å²) in [7, 11) is 0. The minimum absolute atomic E-state index is 0.551. The quantitative estimate of drug-likeness (QED) is 0.855. The van der Waals surface area contributed by atoms with Crippen molar-refractivity contribution in [2.75, 3.05) is 11.9 Å². The third kappa shape index (κ3) is 2.59. The Labute approximate surface area is 94.7 Å². The van der Waals surface area contributed by atoms with Crippen molar-refractivity contribution in [2.24, 2.45) is 5.92 Å². The van der Waals surface area contributed by atoms with Gasteiger partial charge in [0.1, 0.15) is 0 Å². The average molecular weight is 217 g/mol. The molecule has 1 aromatic heterocycles. The lowest BCUT2D eigenvalue weighted by Crippen LogP contribution is -2.07. The molecule has 16 heavy (non-hydrogen) atoms. The predicted octanol–water partition coefficient (Wildman–Crippen LogP) is 2.80. The van der Waals surface area contributed by atoms with Crippen LogP contribution >= 0.6 is 0 Å². The lowest BCUT2D eigenvalue weighted by atomic mass is 10.2. The van der Waals surface area contributed by atoms with Crippen molar-refractivity contribution in [2.45, 2.75) is 13.8 Å². The molecule has 0 aliphatic carbocycles. The monoisotopic (exact) mass is 217 g/mol. The first-order valence-corrected chi connectivity index (χ1v) is 5.36. The Morgan fingerprint density at radius 1 is 1.25 bits per heavy atom. The van der Waals surface area contributed by atoms with Crippen LogP contribution < -0.4 is 5.32 Å². The van der Waals surface area contributed by atoms with Crippen molar-refractivity contribution in [3.8, 4) is 11.5 Å². The summed E-state index contributed by atoms with van der Waals surface area (Å²) >= 11 is 0. The zero-order valence-electron chi connectivity index (χ0n) is 9.47. The molecular formula is C12H15N3O.